The van der Waals surface area contributed by atoms with Crippen LogP contribution in [-0.4, -0.2) is 14.8 Å². The topological polar surface area (TPSA) is 30.7 Å². The predicted molar refractivity (Wildman–Crippen MR) is 133 cm³/mol. The van der Waals surface area contributed by atoms with E-state index < -0.39 is 5.82 Å². The Labute approximate surface area is 210 Å². The molecule has 172 valence electrons. The molecule has 0 aliphatic carbocycles. The fourth-order valence-electron chi connectivity index (χ4n) is 2.97. The predicted octanol–water partition coefficient (Wildman–Crippen LogP) is 8.42. The van der Waals surface area contributed by atoms with Crippen molar-refractivity contribution in [2.75, 3.05) is 0 Å². The minimum atomic E-state index is -0.472. The first kappa shape index (κ1) is 25.5. The van der Waals surface area contributed by atoms with E-state index in [1.807, 2.05) is 24.5 Å². The van der Waals surface area contributed by atoms with Crippen LogP contribution in [0.2, 0.25) is 15.1 Å². The Morgan fingerprint density at radius 3 is 2.12 bits per heavy atom. The lowest BCUT2D eigenvalue weighted by Gasteiger charge is -2.11. The Morgan fingerprint density at radius 1 is 0.788 bits per heavy atom. The standard InChI is InChI=1S/C22H14Cl3F2N3S.C2H6/c23-17-7-1-13(9-19(17)25)11-21-28-29-22(30(21)16-5-3-15(26)4-6-16)31-12-14-2-8-18(24)20(27)10-14;1-2/h1-10H,11-12H2;1-2H3. The molecule has 0 saturated heterocycles. The molecule has 0 bridgehead atoms. The molecule has 0 aliphatic rings. The van der Waals surface area contributed by atoms with Crippen LogP contribution in [0.15, 0.2) is 65.8 Å². The van der Waals surface area contributed by atoms with E-state index in [0.29, 0.717) is 38.9 Å². The van der Waals surface area contributed by atoms with Crippen LogP contribution in [0.25, 0.3) is 5.69 Å². The molecule has 0 unspecified atom stereocenters. The fourth-order valence-corrected chi connectivity index (χ4v) is 4.32. The van der Waals surface area contributed by atoms with Gasteiger partial charge in [0.05, 0.1) is 15.1 Å². The number of nitrogens with zero attached hydrogens (tertiary/aromatic N) is 3. The molecule has 0 aliphatic heterocycles. The molecule has 4 rings (SSSR count). The Morgan fingerprint density at radius 2 is 1.45 bits per heavy atom. The minimum Gasteiger partial charge on any atom is -0.274 e. The zero-order chi connectivity index (χ0) is 24.0. The van der Waals surface area contributed by atoms with Gasteiger partial charge in [0.15, 0.2) is 5.16 Å². The Hall–Kier alpha value is -2.12. The van der Waals surface area contributed by atoms with E-state index in [2.05, 4.69) is 10.2 Å². The summed E-state index contributed by atoms with van der Waals surface area (Å²) in [7, 11) is 0. The molecule has 3 aromatic carbocycles. The summed E-state index contributed by atoms with van der Waals surface area (Å²) in [5, 5.41) is 10.2. The van der Waals surface area contributed by atoms with Gasteiger partial charge < -0.3 is 0 Å². The highest BCUT2D eigenvalue weighted by Crippen LogP contribution is 2.29. The SMILES string of the molecule is CC.Fc1ccc(-n2c(Cc3ccc(Cl)c(Cl)c3)nnc2SCc2ccc(Cl)c(F)c2)cc1. The zero-order valence-electron chi connectivity index (χ0n) is 17.8. The van der Waals surface area contributed by atoms with Crippen LogP contribution in [-0.2, 0) is 12.2 Å². The highest BCUT2D eigenvalue weighted by atomic mass is 35.5. The van der Waals surface area contributed by atoms with Gasteiger partial charge in [-0.05, 0) is 59.7 Å². The molecular formula is C24H20Cl3F2N3S. The molecule has 0 amide bonds. The third kappa shape index (κ3) is 6.48. The van der Waals surface area contributed by atoms with Gasteiger partial charge in [0.25, 0.3) is 0 Å². The molecule has 1 aromatic heterocycles. The molecule has 0 spiro atoms. The molecule has 0 fully saturated rings. The summed E-state index contributed by atoms with van der Waals surface area (Å²) < 4.78 is 29.1. The lowest BCUT2D eigenvalue weighted by atomic mass is 10.1. The number of halogens is 5. The summed E-state index contributed by atoms with van der Waals surface area (Å²) in [6.07, 6.45) is 0.442. The molecule has 0 saturated carbocycles. The van der Waals surface area contributed by atoms with Gasteiger partial charge in [-0.1, -0.05) is 72.5 Å². The maximum Gasteiger partial charge on any atom is 0.196 e. The van der Waals surface area contributed by atoms with E-state index in [1.165, 1.54) is 36.0 Å². The van der Waals surface area contributed by atoms with Crippen LogP contribution in [0.1, 0.15) is 30.8 Å². The quantitative estimate of drug-likeness (QED) is 0.236. The van der Waals surface area contributed by atoms with E-state index in [0.717, 1.165) is 11.1 Å². The number of hydrogen-bond acceptors (Lipinski definition) is 3. The average Bonchev–Trinajstić information content (AvgIpc) is 3.21. The van der Waals surface area contributed by atoms with Crippen molar-refractivity contribution < 1.29 is 8.78 Å². The molecule has 0 atom stereocenters. The summed E-state index contributed by atoms with van der Waals surface area (Å²) in [6.45, 7) is 4.00. The second-order valence-electron chi connectivity index (χ2n) is 6.67. The van der Waals surface area contributed by atoms with Gasteiger partial charge in [-0.25, -0.2) is 8.78 Å². The zero-order valence-corrected chi connectivity index (χ0v) is 20.9. The molecule has 0 N–H and O–H groups in total. The summed E-state index contributed by atoms with van der Waals surface area (Å²) in [5.41, 5.74) is 2.37. The van der Waals surface area contributed by atoms with Gasteiger partial charge in [-0.3, -0.25) is 4.57 Å². The molecule has 1 heterocycles. The highest BCUT2D eigenvalue weighted by molar-refractivity contribution is 7.98. The first-order valence-corrected chi connectivity index (χ1v) is 12.2. The van der Waals surface area contributed by atoms with E-state index >= 15 is 0 Å². The normalized spacial score (nSPS) is 10.6. The molecule has 9 heteroatoms. The van der Waals surface area contributed by atoms with E-state index in [-0.39, 0.29) is 10.8 Å². The summed E-state index contributed by atoms with van der Waals surface area (Å²) >= 11 is 19.3. The Kier molecular flexibility index (Phi) is 9.15. The van der Waals surface area contributed by atoms with Crippen molar-refractivity contribution in [3.63, 3.8) is 0 Å². The molecule has 4 aromatic rings. The monoisotopic (exact) mass is 525 g/mol. The number of aromatic nitrogens is 3. The van der Waals surface area contributed by atoms with Crippen LogP contribution in [0.5, 0.6) is 0 Å². The lowest BCUT2D eigenvalue weighted by Crippen LogP contribution is -2.04. The number of rotatable bonds is 6. The van der Waals surface area contributed by atoms with Crippen molar-refractivity contribution >= 4 is 46.6 Å². The van der Waals surface area contributed by atoms with Gasteiger partial charge in [0.1, 0.15) is 17.5 Å². The Balaban J connectivity index is 0.00000149. The second-order valence-corrected chi connectivity index (χ2v) is 8.84. The Bertz CT molecular complexity index is 1230. The number of thioether (sulfide) groups is 1. The number of benzene rings is 3. The van der Waals surface area contributed by atoms with Crippen LogP contribution in [0.3, 0.4) is 0 Å². The van der Waals surface area contributed by atoms with Gasteiger partial charge in [0, 0.05) is 17.9 Å². The first-order valence-electron chi connectivity index (χ1n) is 10.1. The summed E-state index contributed by atoms with van der Waals surface area (Å²) in [4.78, 5) is 0. The maximum absolute atomic E-state index is 13.8. The summed E-state index contributed by atoms with van der Waals surface area (Å²) in [5.74, 6) is 0.295. The molecule has 33 heavy (non-hydrogen) atoms. The van der Waals surface area contributed by atoms with Crippen molar-refractivity contribution in [1.82, 2.24) is 14.8 Å². The van der Waals surface area contributed by atoms with Gasteiger partial charge >= 0.3 is 0 Å². The highest BCUT2D eigenvalue weighted by Gasteiger charge is 2.16. The van der Waals surface area contributed by atoms with Crippen molar-refractivity contribution in [2.24, 2.45) is 0 Å². The van der Waals surface area contributed by atoms with Crippen molar-refractivity contribution in [3.05, 3.63) is 104 Å². The maximum atomic E-state index is 13.8. The smallest absolute Gasteiger partial charge is 0.196 e. The first-order chi connectivity index (χ1) is 15.9. The lowest BCUT2D eigenvalue weighted by molar-refractivity contribution is 0.626. The molecular weight excluding hydrogens is 507 g/mol. The average molecular weight is 527 g/mol. The minimum absolute atomic E-state index is 0.0761. The van der Waals surface area contributed by atoms with Crippen LogP contribution < -0.4 is 0 Å². The second kappa shape index (κ2) is 11.8. The third-order valence-corrected chi connectivity index (χ3v) is 6.53. The van der Waals surface area contributed by atoms with Crippen molar-refractivity contribution in [1.29, 1.82) is 0 Å². The van der Waals surface area contributed by atoms with Gasteiger partial charge in [-0.2, -0.15) is 0 Å². The summed E-state index contributed by atoms with van der Waals surface area (Å²) in [6, 6.07) is 16.1. The van der Waals surface area contributed by atoms with Crippen molar-refractivity contribution in [3.8, 4) is 5.69 Å². The third-order valence-electron chi connectivity index (χ3n) is 4.48. The van der Waals surface area contributed by atoms with Crippen LogP contribution in [0, 0.1) is 11.6 Å². The van der Waals surface area contributed by atoms with Crippen LogP contribution in [0.4, 0.5) is 8.78 Å². The van der Waals surface area contributed by atoms with Crippen molar-refractivity contribution in [2.45, 2.75) is 31.2 Å². The fraction of sp³-hybridized carbons (Fsp3) is 0.167. The van der Waals surface area contributed by atoms with E-state index in [4.69, 9.17) is 34.8 Å². The van der Waals surface area contributed by atoms with Crippen LogP contribution >= 0.6 is 46.6 Å². The van der Waals surface area contributed by atoms with Gasteiger partial charge in [-0.15, -0.1) is 10.2 Å². The van der Waals surface area contributed by atoms with E-state index in [1.54, 1.807) is 30.3 Å². The molecule has 3 nitrogen and oxygen atoms in total. The number of hydrogen-bond donors (Lipinski definition) is 0. The molecule has 0 radical (unpaired) electrons. The van der Waals surface area contributed by atoms with Gasteiger partial charge in [0.2, 0.25) is 0 Å². The largest absolute Gasteiger partial charge is 0.274 e. The van der Waals surface area contributed by atoms with E-state index in [9.17, 15) is 8.78 Å².